The van der Waals surface area contributed by atoms with Gasteiger partial charge < -0.3 is 10.0 Å². The highest BCUT2D eigenvalue weighted by molar-refractivity contribution is 7.99. The number of hydrogen-bond acceptors (Lipinski definition) is 3. The third-order valence-electron chi connectivity index (χ3n) is 3.55. The first-order valence-electron chi connectivity index (χ1n) is 6.99. The van der Waals surface area contributed by atoms with Gasteiger partial charge in [0.1, 0.15) is 0 Å². The number of benzene rings is 2. The first-order chi connectivity index (χ1) is 10.6. The largest absolute Gasteiger partial charge is 0.478 e. The van der Waals surface area contributed by atoms with E-state index < -0.39 is 5.97 Å². The van der Waals surface area contributed by atoms with Crippen LogP contribution in [-0.4, -0.2) is 22.7 Å². The van der Waals surface area contributed by atoms with E-state index in [0.29, 0.717) is 13.0 Å². The second-order valence-electron chi connectivity index (χ2n) is 5.05. The number of carbonyl (C=O) groups excluding carboxylic acids is 1. The molecular formula is C17H15NO3S. The van der Waals surface area contributed by atoms with E-state index in [0.717, 1.165) is 21.9 Å². The smallest absolute Gasteiger partial charge is 0.335 e. The Morgan fingerprint density at radius 2 is 2.00 bits per heavy atom. The van der Waals surface area contributed by atoms with E-state index >= 15 is 0 Å². The van der Waals surface area contributed by atoms with Crippen LogP contribution >= 0.6 is 11.8 Å². The minimum atomic E-state index is -0.958. The summed E-state index contributed by atoms with van der Waals surface area (Å²) >= 11 is 1.68. The Hall–Kier alpha value is -2.27. The van der Waals surface area contributed by atoms with Crippen molar-refractivity contribution in [1.82, 2.24) is 0 Å². The van der Waals surface area contributed by atoms with Gasteiger partial charge in [0.25, 0.3) is 0 Å². The van der Waals surface area contributed by atoms with E-state index in [9.17, 15) is 9.59 Å². The molecule has 112 valence electrons. The SMILES string of the molecule is O=C(O)c1cccc(CN2C(=O)CCSc3ccccc32)c1. The summed E-state index contributed by atoms with van der Waals surface area (Å²) in [5.74, 6) is -0.125. The van der Waals surface area contributed by atoms with E-state index in [4.69, 9.17) is 5.11 Å². The summed E-state index contributed by atoms with van der Waals surface area (Å²) in [6.07, 6.45) is 0.484. The fraction of sp³-hybridized carbons (Fsp3) is 0.176. The lowest BCUT2D eigenvalue weighted by molar-refractivity contribution is -0.118. The molecule has 0 radical (unpaired) electrons. The van der Waals surface area contributed by atoms with Crippen molar-refractivity contribution in [2.75, 3.05) is 10.7 Å². The predicted octanol–water partition coefficient (Wildman–Crippen LogP) is 3.41. The van der Waals surface area contributed by atoms with Gasteiger partial charge in [-0.05, 0) is 29.8 Å². The van der Waals surface area contributed by atoms with Crippen molar-refractivity contribution in [3.8, 4) is 0 Å². The van der Waals surface area contributed by atoms with Gasteiger partial charge in [-0.3, -0.25) is 4.79 Å². The maximum absolute atomic E-state index is 12.4. The van der Waals surface area contributed by atoms with Crippen molar-refractivity contribution in [2.24, 2.45) is 0 Å². The number of para-hydroxylation sites is 1. The highest BCUT2D eigenvalue weighted by Gasteiger charge is 2.22. The number of thioether (sulfide) groups is 1. The van der Waals surface area contributed by atoms with Crippen molar-refractivity contribution < 1.29 is 14.7 Å². The molecule has 2 aromatic carbocycles. The summed E-state index contributed by atoms with van der Waals surface area (Å²) in [6.45, 7) is 0.386. The Balaban J connectivity index is 1.95. The van der Waals surface area contributed by atoms with Gasteiger partial charge in [-0.1, -0.05) is 24.3 Å². The number of carbonyl (C=O) groups is 2. The number of carboxylic acids is 1. The summed E-state index contributed by atoms with van der Waals surface area (Å²) < 4.78 is 0. The number of amides is 1. The zero-order valence-electron chi connectivity index (χ0n) is 11.9. The number of aromatic carboxylic acids is 1. The van der Waals surface area contributed by atoms with Crippen molar-refractivity contribution in [1.29, 1.82) is 0 Å². The summed E-state index contributed by atoms with van der Waals surface area (Å²) in [4.78, 5) is 26.3. The highest BCUT2D eigenvalue weighted by atomic mass is 32.2. The maximum Gasteiger partial charge on any atom is 0.335 e. The maximum atomic E-state index is 12.4. The van der Waals surface area contributed by atoms with E-state index in [1.165, 1.54) is 0 Å². The van der Waals surface area contributed by atoms with E-state index in [1.807, 2.05) is 30.3 Å². The molecule has 0 bridgehead atoms. The van der Waals surface area contributed by atoms with Crippen LogP contribution in [0.2, 0.25) is 0 Å². The van der Waals surface area contributed by atoms with Crippen LogP contribution in [0.3, 0.4) is 0 Å². The zero-order chi connectivity index (χ0) is 15.5. The minimum Gasteiger partial charge on any atom is -0.478 e. The number of hydrogen-bond donors (Lipinski definition) is 1. The fourth-order valence-electron chi connectivity index (χ4n) is 2.48. The van der Waals surface area contributed by atoms with Crippen LogP contribution in [0.5, 0.6) is 0 Å². The molecule has 4 nitrogen and oxygen atoms in total. The molecule has 2 aromatic rings. The van der Waals surface area contributed by atoms with Crippen molar-refractivity contribution in [3.63, 3.8) is 0 Å². The fourth-order valence-corrected chi connectivity index (χ4v) is 3.48. The topological polar surface area (TPSA) is 57.6 Å². The Kier molecular flexibility index (Phi) is 4.15. The molecule has 1 amide bonds. The molecule has 3 rings (SSSR count). The van der Waals surface area contributed by atoms with Crippen molar-refractivity contribution in [3.05, 3.63) is 59.7 Å². The zero-order valence-corrected chi connectivity index (χ0v) is 12.7. The molecule has 5 heteroatoms. The monoisotopic (exact) mass is 313 g/mol. The third kappa shape index (κ3) is 2.99. The lowest BCUT2D eigenvalue weighted by atomic mass is 10.1. The van der Waals surface area contributed by atoms with E-state index in [-0.39, 0.29) is 11.5 Å². The van der Waals surface area contributed by atoms with Gasteiger partial charge in [-0.2, -0.15) is 0 Å². The summed E-state index contributed by atoms with van der Waals surface area (Å²) in [5.41, 5.74) is 1.95. The normalized spacial score (nSPS) is 14.4. The van der Waals surface area contributed by atoms with Crippen molar-refractivity contribution >= 4 is 29.3 Å². The molecule has 0 spiro atoms. The number of fused-ring (bicyclic) bond motifs is 1. The standard InChI is InChI=1S/C17H15NO3S/c19-16-8-9-22-15-7-2-1-6-14(15)18(16)11-12-4-3-5-13(10-12)17(20)21/h1-7,10H,8-9,11H2,(H,20,21). The molecule has 0 fully saturated rings. The van der Waals surface area contributed by atoms with Crippen LogP contribution in [-0.2, 0) is 11.3 Å². The van der Waals surface area contributed by atoms with Gasteiger partial charge in [0, 0.05) is 17.1 Å². The summed E-state index contributed by atoms with van der Waals surface area (Å²) in [5, 5.41) is 9.09. The molecule has 1 N–H and O–H groups in total. The Morgan fingerprint density at radius 3 is 2.82 bits per heavy atom. The first kappa shape index (κ1) is 14.7. The first-order valence-corrected chi connectivity index (χ1v) is 7.98. The highest BCUT2D eigenvalue weighted by Crippen LogP contribution is 2.34. The summed E-state index contributed by atoms with van der Waals surface area (Å²) in [6, 6.07) is 14.6. The number of rotatable bonds is 3. The average molecular weight is 313 g/mol. The van der Waals surface area contributed by atoms with Gasteiger partial charge in [0.15, 0.2) is 0 Å². The van der Waals surface area contributed by atoms with Gasteiger partial charge in [-0.25, -0.2) is 4.79 Å². The quantitative estimate of drug-likeness (QED) is 0.943. The second kappa shape index (κ2) is 6.23. The van der Waals surface area contributed by atoms with Gasteiger partial charge in [0.2, 0.25) is 5.91 Å². The molecule has 1 aliphatic heterocycles. The molecular weight excluding hydrogens is 298 g/mol. The van der Waals surface area contributed by atoms with Crippen LogP contribution in [0.25, 0.3) is 0 Å². The number of carboxylic acid groups (broad SMARTS) is 1. The predicted molar refractivity (Wildman–Crippen MR) is 86.4 cm³/mol. The molecule has 0 saturated heterocycles. The van der Waals surface area contributed by atoms with E-state index in [2.05, 4.69) is 0 Å². The minimum absolute atomic E-state index is 0.0678. The molecule has 0 saturated carbocycles. The Morgan fingerprint density at radius 1 is 1.18 bits per heavy atom. The number of nitrogens with zero attached hydrogens (tertiary/aromatic N) is 1. The molecule has 1 heterocycles. The lowest BCUT2D eigenvalue weighted by Crippen LogP contribution is -2.29. The summed E-state index contributed by atoms with van der Waals surface area (Å²) in [7, 11) is 0. The van der Waals surface area contributed by atoms with Crippen LogP contribution in [0.1, 0.15) is 22.3 Å². The van der Waals surface area contributed by atoms with Gasteiger partial charge >= 0.3 is 5.97 Å². The lowest BCUT2D eigenvalue weighted by Gasteiger charge is -2.23. The van der Waals surface area contributed by atoms with Crippen LogP contribution in [0, 0.1) is 0 Å². The van der Waals surface area contributed by atoms with Gasteiger partial charge in [0.05, 0.1) is 17.8 Å². The molecule has 0 aliphatic carbocycles. The molecule has 1 aliphatic rings. The number of anilines is 1. The molecule has 0 atom stereocenters. The molecule has 0 aromatic heterocycles. The second-order valence-corrected chi connectivity index (χ2v) is 6.19. The Bertz CT molecular complexity index is 729. The van der Waals surface area contributed by atoms with E-state index in [1.54, 1.807) is 34.9 Å². The Labute approximate surface area is 132 Å². The van der Waals surface area contributed by atoms with Crippen LogP contribution in [0.4, 0.5) is 5.69 Å². The van der Waals surface area contributed by atoms with Crippen LogP contribution < -0.4 is 4.90 Å². The average Bonchev–Trinajstić information content (AvgIpc) is 2.68. The van der Waals surface area contributed by atoms with Crippen molar-refractivity contribution in [2.45, 2.75) is 17.9 Å². The van der Waals surface area contributed by atoms with Crippen LogP contribution in [0.15, 0.2) is 53.4 Å². The molecule has 22 heavy (non-hydrogen) atoms. The molecule has 0 unspecified atom stereocenters. The van der Waals surface area contributed by atoms with Gasteiger partial charge in [-0.15, -0.1) is 11.8 Å². The third-order valence-corrected chi connectivity index (χ3v) is 4.61.